The van der Waals surface area contributed by atoms with Gasteiger partial charge < -0.3 is 4.90 Å². The van der Waals surface area contributed by atoms with Crippen molar-refractivity contribution in [3.05, 3.63) is 29.1 Å². The molecule has 0 aromatic heterocycles. The SMILES string of the molecule is Cc1c(C(=O)N2CCC(C)C2)cc(F)cc1S(=O)(=O)Cl. The Kier molecular flexibility index (Phi) is 4.07. The van der Waals surface area contributed by atoms with Crippen LogP contribution in [0.1, 0.15) is 29.3 Å². The molecule has 20 heavy (non-hydrogen) atoms. The second-order valence-corrected chi connectivity index (χ2v) is 7.69. The molecule has 0 bridgehead atoms. The number of likely N-dealkylation sites (tertiary alicyclic amines) is 1. The molecule has 1 atom stereocenters. The molecule has 0 aliphatic carbocycles. The maximum absolute atomic E-state index is 13.6. The van der Waals surface area contributed by atoms with Gasteiger partial charge in [-0.05, 0) is 37.0 Å². The summed E-state index contributed by atoms with van der Waals surface area (Å²) in [4.78, 5) is 13.6. The highest BCUT2D eigenvalue weighted by Crippen LogP contribution is 2.26. The highest BCUT2D eigenvalue weighted by Gasteiger charge is 2.28. The number of carbonyl (C=O) groups is 1. The van der Waals surface area contributed by atoms with Gasteiger partial charge in [0, 0.05) is 29.3 Å². The number of carbonyl (C=O) groups excluding carboxylic acids is 1. The molecule has 4 nitrogen and oxygen atoms in total. The van der Waals surface area contributed by atoms with Gasteiger partial charge in [-0.3, -0.25) is 4.79 Å². The fourth-order valence-electron chi connectivity index (χ4n) is 2.42. The average Bonchev–Trinajstić information content (AvgIpc) is 2.76. The van der Waals surface area contributed by atoms with Crippen LogP contribution in [0.3, 0.4) is 0 Å². The normalized spacial score (nSPS) is 19.4. The largest absolute Gasteiger partial charge is 0.338 e. The smallest absolute Gasteiger partial charge is 0.261 e. The Balaban J connectivity index is 2.47. The van der Waals surface area contributed by atoms with Gasteiger partial charge in [0.1, 0.15) is 5.82 Å². The summed E-state index contributed by atoms with van der Waals surface area (Å²) in [6.45, 7) is 4.68. The van der Waals surface area contributed by atoms with E-state index >= 15 is 0 Å². The predicted molar refractivity (Wildman–Crippen MR) is 73.9 cm³/mol. The number of nitrogens with zero attached hydrogens (tertiary/aromatic N) is 1. The van der Waals surface area contributed by atoms with Gasteiger partial charge in [-0.15, -0.1) is 0 Å². The zero-order chi connectivity index (χ0) is 15.1. The second-order valence-electron chi connectivity index (χ2n) is 5.16. The third-order valence-corrected chi connectivity index (χ3v) is 4.98. The van der Waals surface area contributed by atoms with Crippen molar-refractivity contribution in [2.45, 2.75) is 25.2 Å². The van der Waals surface area contributed by atoms with E-state index in [1.54, 1.807) is 4.90 Å². The molecule has 1 heterocycles. The van der Waals surface area contributed by atoms with Crippen molar-refractivity contribution in [2.24, 2.45) is 5.92 Å². The molecule has 2 rings (SSSR count). The molecule has 1 aliphatic heterocycles. The van der Waals surface area contributed by atoms with Crippen molar-refractivity contribution < 1.29 is 17.6 Å². The van der Waals surface area contributed by atoms with E-state index < -0.39 is 14.9 Å². The standard InChI is InChI=1S/C13H15ClFNO3S/c1-8-3-4-16(7-8)13(17)11-5-10(15)6-12(9(11)2)20(14,18)19/h5-6,8H,3-4,7H2,1-2H3. The van der Waals surface area contributed by atoms with Crippen LogP contribution in [0.15, 0.2) is 17.0 Å². The average molecular weight is 320 g/mol. The van der Waals surface area contributed by atoms with Gasteiger partial charge in [-0.25, -0.2) is 12.8 Å². The molecule has 110 valence electrons. The quantitative estimate of drug-likeness (QED) is 0.787. The lowest BCUT2D eigenvalue weighted by Crippen LogP contribution is -2.29. The number of amides is 1. The summed E-state index contributed by atoms with van der Waals surface area (Å²) in [5.74, 6) is -0.748. The minimum atomic E-state index is -4.08. The Morgan fingerprint density at radius 2 is 2.10 bits per heavy atom. The van der Waals surface area contributed by atoms with E-state index in [1.807, 2.05) is 6.92 Å². The number of rotatable bonds is 2. The minimum absolute atomic E-state index is 0.0540. The first-order valence-electron chi connectivity index (χ1n) is 6.24. The maximum Gasteiger partial charge on any atom is 0.261 e. The highest BCUT2D eigenvalue weighted by atomic mass is 35.7. The van der Waals surface area contributed by atoms with E-state index in [0.717, 1.165) is 18.6 Å². The van der Waals surface area contributed by atoms with Crippen molar-refractivity contribution in [1.82, 2.24) is 4.90 Å². The van der Waals surface area contributed by atoms with E-state index in [2.05, 4.69) is 0 Å². The van der Waals surface area contributed by atoms with Crippen LogP contribution in [0.4, 0.5) is 4.39 Å². The van der Waals surface area contributed by atoms with Crippen LogP contribution in [-0.2, 0) is 9.05 Å². The summed E-state index contributed by atoms with van der Waals surface area (Å²) in [7, 11) is 1.19. The third kappa shape index (κ3) is 2.96. The lowest BCUT2D eigenvalue weighted by molar-refractivity contribution is 0.0786. The zero-order valence-corrected chi connectivity index (χ0v) is 12.8. The van der Waals surface area contributed by atoms with Crippen LogP contribution >= 0.6 is 10.7 Å². The fraction of sp³-hybridized carbons (Fsp3) is 0.462. The number of hydrogen-bond donors (Lipinski definition) is 0. The summed E-state index contributed by atoms with van der Waals surface area (Å²) in [5.41, 5.74) is 0.240. The van der Waals surface area contributed by atoms with Crippen LogP contribution < -0.4 is 0 Å². The molecule has 1 aromatic rings. The Hall–Kier alpha value is -1.14. The molecule has 0 N–H and O–H groups in total. The van der Waals surface area contributed by atoms with Crippen molar-refractivity contribution in [3.8, 4) is 0 Å². The molecule has 0 spiro atoms. The van der Waals surface area contributed by atoms with Crippen molar-refractivity contribution in [1.29, 1.82) is 0 Å². The summed E-state index contributed by atoms with van der Waals surface area (Å²) < 4.78 is 36.4. The second kappa shape index (κ2) is 5.33. The van der Waals surface area contributed by atoms with Crippen LogP contribution in [0, 0.1) is 18.7 Å². The molecule has 1 fully saturated rings. The first-order valence-corrected chi connectivity index (χ1v) is 8.55. The van der Waals surface area contributed by atoms with E-state index in [4.69, 9.17) is 10.7 Å². The van der Waals surface area contributed by atoms with Crippen LogP contribution in [0.25, 0.3) is 0 Å². The van der Waals surface area contributed by atoms with Crippen molar-refractivity contribution in [3.63, 3.8) is 0 Å². The van der Waals surface area contributed by atoms with Gasteiger partial charge in [0.15, 0.2) is 0 Å². The highest BCUT2D eigenvalue weighted by molar-refractivity contribution is 8.13. The molecule has 1 amide bonds. The summed E-state index contributed by atoms with van der Waals surface area (Å²) in [5, 5.41) is 0. The molecule has 1 unspecified atom stereocenters. The molecular weight excluding hydrogens is 305 g/mol. The van der Waals surface area contributed by atoms with Crippen LogP contribution in [0.5, 0.6) is 0 Å². The molecule has 1 aromatic carbocycles. The molecule has 0 radical (unpaired) electrons. The lowest BCUT2D eigenvalue weighted by atomic mass is 10.1. The Labute approximate surface area is 121 Å². The van der Waals surface area contributed by atoms with Crippen LogP contribution in [-0.4, -0.2) is 32.3 Å². The minimum Gasteiger partial charge on any atom is -0.338 e. The summed E-state index contributed by atoms with van der Waals surface area (Å²) in [6, 6.07) is 1.90. The van der Waals surface area contributed by atoms with Gasteiger partial charge in [0.25, 0.3) is 15.0 Å². The van der Waals surface area contributed by atoms with Gasteiger partial charge >= 0.3 is 0 Å². The van der Waals surface area contributed by atoms with Gasteiger partial charge in [0.05, 0.1) is 4.90 Å². The number of hydrogen-bond acceptors (Lipinski definition) is 3. The third-order valence-electron chi connectivity index (χ3n) is 3.53. The van der Waals surface area contributed by atoms with Gasteiger partial charge in [-0.2, -0.15) is 0 Å². The first kappa shape index (κ1) is 15.3. The predicted octanol–water partition coefficient (Wildman–Crippen LogP) is 2.54. The van der Waals surface area contributed by atoms with E-state index in [-0.39, 0.29) is 21.9 Å². The lowest BCUT2D eigenvalue weighted by Gasteiger charge is -2.18. The summed E-state index contributed by atoms with van der Waals surface area (Å²) in [6.07, 6.45) is 0.890. The Morgan fingerprint density at radius 1 is 1.45 bits per heavy atom. The van der Waals surface area contributed by atoms with Crippen molar-refractivity contribution in [2.75, 3.05) is 13.1 Å². The zero-order valence-electron chi connectivity index (χ0n) is 11.2. The van der Waals surface area contributed by atoms with Crippen LogP contribution in [0.2, 0.25) is 0 Å². The first-order chi connectivity index (χ1) is 9.20. The molecule has 7 heteroatoms. The Morgan fingerprint density at radius 3 is 2.60 bits per heavy atom. The number of halogens is 2. The molecule has 1 aliphatic rings. The molecule has 1 saturated heterocycles. The maximum atomic E-state index is 13.6. The van der Waals surface area contributed by atoms with E-state index in [1.165, 1.54) is 6.92 Å². The summed E-state index contributed by atoms with van der Waals surface area (Å²) >= 11 is 0. The fourth-order valence-corrected chi connectivity index (χ4v) is 3.63. The van der Waals surface area contributed by atoms with Gasteiger partial charge in [-0.1, -0.05) is 6.92 Å². The van der Waals surface area contributed by atoms with Gasteiger partial charge in [0.2, 0.25) is 0 Å². The molecule has 0 saturated carbocycles. The van der Waals surface area contributed by atoms with E-state index in [9.17, 15) is 17.6 Å². The van der Waals surface area contributed by atoms with Crippen molar-refractivity contribution >= 4 is 25.6 Å². The Bertz CT molecular complexity index is 660. The topological polar surface area (TPSA) is 54.5 Å². The molecular formula is C13H15ClFNO3S. The van der Waals surface area contributed by atoms with E-state index in [0.29, 0.717) is 19.0 Å². The monoisotopic (exact) mass is 319 g/mol. The number of benzene rings is 1.